The Labute approximate surface area is 159 Å². The standard InChI is InChI=1S/C22H24N4O/c1-15-16(2)24-20-14-17(10-11-18(20)23-15)22(27)25-19-8-4-5-9-21(19)26-12-6-3-7-13-26/h4-5,8-11,14H,3,6-7,12-13H2,1-2H3,(H,25,27). The topological polar surface area (TPSA) is 58.1 Å². The first-order valence-corrected chi connectivity index (χ1v) is 9.52. The summed E-state index contributed by atoms with van der Waals surface area (Å²) in [6, 6.07) is 13.5. The third-order valence-corrected chi connectivity index (χ3v) is 5.19. The van der Waals surface area contributed by atoms with Gasteiger partial charge in [-0.15, -0.1) is 0 Å². The van der Waals surface area contributed by atoms with E-state index in [0.717, 1.165) is 46.9 Å². The SMILES string of the molecule is Cc1nc2ccc(C(=O)Nc3ccccc3N3CCCCC3)cc2nc1C. The number of hydrogen-bond acceptors (Lipinski definition) is 4. The van der Waals surface area contributed by atoms with Crippen molar-refractivity contribution in [1.82, 2.24) is 9.97 Å². The summed E-state index contributed by atoms with van der Waals surface area (Å²) < 4.78 is 0. The second-order valence-corrected chi connectivity index (χ2v) is 7.12. The Morgan fingerprint density at radius 2 is 1.63 bits per heavy atom. The summed E-state index contributed by atoms with van der Waals surface area (Å²) in [4.78, 5) is 24.3. The van der Waals surface area contributed by atoms with Crippen molar-refractivity contribution < 1.29 is 4.79 Å². The highest BCUT2D eigenvalue weighted by Gasteiger charge is 2.16. The smallest absolute Gasteiger partial charge is 0.255 e. The van der Waals surface area contributed by atoms with E-state index in [4.69, 9.17) is 0 Å². The number of nitrogens with zero attached hydrogens (tertiary/aromatic N) is 3. The van der Waals surface area contributed by atoms with Gasteiger partial charge in [0.1, 0.15) is 0 Å². The minimum absolute atomic E-state index is 0.124. The molecule has 1 aromatic heterocycles. The molecule has 1 saturated heterocycles. The molecule has 1 amide bonds. The minimum atomic E-state index is -0.124. The molecule has 5 nitrogen and oxygen atoms in total. The van der Waals surface area contributed by atoms with E-state index in [9.17, 15) is 4.79 Å². The highest BCUT2D eigenvalue weighted by Crippen LogP contribution is 2.28. The van der Waals surface area contributed by atoms with Crippen LogP contribution in [0.2, 0.25) is 0 Å². The van der Waals surface area contributed by atoms with Crippen LogP contribution in [0.5, 0.6) is 0 Å². The van der Waals surface area contributed by atoms with Gasteiger partial charge in [0.25, 0.3) is 5.91 Å². The second-order valence-electron chi connectivity index (χ2n) is 7.12. The summed E-state index contributed by atoms with van der Waals surface area (Å²) >= 11 is 0. The van der Waals surface area contributed by atoms with E-state index < -0.39 is 0 Å². The first kappa shape index (κ1) is 17.5. The fourth-order valence-electron chi connectivity index (χ4n) is 3.56. The van der Waals surface area contributed by atoms with Gasteiger partial charge in [-0.1, -0.05) is 12.1 Å². The molecule has 1 fully saturated rings. The van der Waals surface area contributed by atoms with Crippen molar-refractivity contribution in [2.45, 2.75) is 33.1 Å². The van der Waals surface area contributed by atoms with Gasteiger partial charge >= 0.3 is 0 Å². The summed E-state index contributed by atoms with van der Waals surface area (Å²) in [6.45, 7) is 5.96. The first-order chi connectivity index (χ1) is 13.1. The van der Waals surface area contributed by atoms with Crippen LogP contribution >= 0.6 is 0 Å². The summed E-state index contributed by atoms with van der Waals surface area (Å²) in [5.74, 6) is -0.124. The van der Waals surface area contributed by atoms with Gasteiger partial charge in [0.2, 0.25) is 0 Å². The predicted octanol–water partition coefficient (Wildman–Crippen LogP) is 4.49. The molecule has 27 heavy (non-hydrogen) atoms. The van der Waals surface area contributed by atoms with E-state index in [-0.39, 0.29) is 5.91 Å². The summed E-state index contributed by atoms with van der Waals surface area (Å²) in [6.07, 6.45) is 3.68. The van der Waals surface area contributed by atoms with Crippen molar-refractivity contribution in [3.63, 3.8) is 0 Å². The maximum absolute atomic E-state index is 12.9. The van der Waals surface area contributed by atoms with Gasteiger partial charge in [0.15, 0.2) is 0 Å². The van der Waals surface area contributed by atoms with Crippen LogP contribution in [0.1, 0.15) is 41.0 Å². The molecule has 0 unspecified atom stereocenters. The second kappa shape index (κ2) is 7.35. The Hall–Kier alpha value is -2.95. The average molecular weight is 360 g/mol. The van der Waals surface area contributed by atoms with E-state index in [2.05, 4.69) is 26.3 Å². The zero-order valence-corrected chi connectivity index (χ0v) is 15.8. The summed E-state index contributed by atoms with van der Waals surface area (Å²) in [5.41, 5.74) is 5.89. The molecule has 5 heteroatoms. The van der Waals surface area contributed by atoms with Crippen LogP contribution in [0, 0.1) is 13.8 Å². The number of carbonyl (C=O) groups excluding carboxylic acids is 1. The van der Waals surface area contributed by atoms with Crippen LogP contribution in [0.3, 0.4) is 0 Å². The molecule has 0 aliphatic carbocycles. The third kappa shape index (κ3) is 3.63. The van der Waals surface area contributed by atoms with Crippen LogP contribution in [-0.4, -0.2) is 29.0 Å². The number of aromatic nitrogens is 2. The van der Waals surface area contributed by atoms with Crippen LogP contribution in [0.15, 0.2) is 42.5 Å². The van der Waals surface area contributed by atoms with Crippen LogP contribution in [-0.2, 0) is 0 Å². The highest BCUT2D eigenvalue weighted by molar-refractivity contribution is 6.07. The fraction of sp³-hybridized carbons (Fsp3) is 0.318. The molecule has 1 aliphatic rings. The van der Waals surface area contributed by atoms with E-state index in [0.29, 0.717) is 5.56 Å². The lowest BCUT2D eigenvalue weighted by atomic mass is 10.1. The van der Waals surface area contributed by atoms with Crippen molar-refractivity contribution in [1.29, 1.82) is 0 Å². The molecule has 0 spiro atoms. The Bertz CT molecular complexity index is 993. The fourth-order valence-corrected chi connectivity index (χ4v) is 3.56. The highest BCUT2D eigenvalue weighted by atomic mass is 16.1. The molecule has 0 atom stereocenters. The molecule has 0 bridgehead atoms. The zero-order chi connectivity index (χ0) is 18.8. The number of rotatable bonds is 3. The van der Waals surface area contributed by atoms with Gasteiger partial charge in [-0.05, 0) is 63.4 Å². The van der Waals surface area contributed by atoms with E-state index in [1.54, 1.807) is 0 Å². The average Bonchev–Trinajstić information content (AvgIpc) is 2.69. The van der Waals surface area contributed by atoms with Gasteiger partial charge in [-0.3, -0.25) is 4.79 Å². The maximum Gasteiger partial charge on any atom is 0.255 e. The van der Waals surface area contributed by atoms with E-state index in [1.165, 1.54) is 19.3 Å². The number of aryl methyl sites for hydroxylation is 2. The normalized spacial score (nSPS) is 14.4. The molecule has 138 valence electrons. The van der Waals surface area contributed by atoms with E-state index in [1.807, 2.05) is 50.2 Å². The van der Waals surface area contributed by atoms with Gasteiger partial charge in [-0.2, -0.15) is 0 Å². The number of amides is 1. The molecular formula is C22H24N4O. The van der Waals surface area contributed by atoms with Gasteiger partial charge in [0.05, 0.1) is 33.8 Å². The lowest BCUT2D eigenvalue weighted by molar-refractivity contribution is 0.102. The zero-order valence-electron chi connectivity index (χ0n) is 15.8. The lowest BCUT2D eigenvalue weighted by Crippen LogP contribution is -2.30. The van der Waals surface area contributed by atoms with Crippen LogP contribution < -0.4 is 10.2 Å². The Kier molecular flexibility index (Phi) is 4.75. The molecule has 1 aliphatic heterocycles. The quantitative estimate of drug-likeness (QED) is 0.748. The maximum atomic E-state index is 12.9. The monoisotopic (exact) mass is 360 g/mol. The molecule has 3 aromatic rings. The number of hydrogen-bond donors (Lipinski definition) is 1. The van der Waals surface area contributed by atoms with Crippen molar-refractivity contribution in [2.75, 3.05) is 23.3 Å². The number of carbonyl (C=O) groups is 1. The largest absolute Gasteiger partial charge is 0.370 e. The number of para-hydroxylation sites is 2. The van der Waals surface area contributed by atoms with Crippen molar-refractivity contribution in [3.05, 3.63) is 59.4 Å². The Morgan fingerprint density at radius 1 is 0.926 bits per heavy atom. The number of piperidine rings is 1. The van der Waals surface area contributed by atoms with Crippen LogP contribution in [0.4, 0.5) is 11.4 Å². The molecule has 0 saturated carbocycles. The first-order valence-electron chi connectivity index (χ1n) is 9.52. The predicted molar refractivity (Wildman–Crippen MR) is 109 cm³/mol. The van der Waals surface area contributed by atoms with E-state index >= 15 is 0 Å². The molecular weight excluding hydrogens is 336 g/mol. The van der Waals surface area contributed by atoms with Crippen molar-refractivity contribution in [2.24, 2.45) is 0 Å². The molecule has 1 N–H and O–H groups in total. The number of anilines is 2. The summed E-state index contributed by atoms with van der Waals surface area (Å²) in [5, 5.41) is 3.09. The number of fused-ring (bicyclic) bond motifs is 1. The molecule has 0 radical (unpaired) electrons. The van der Waals surface area contributed by atoms with Gasteiger partial charge < -0.3 is 10.2 Å². The van der Waals surface area contributed by atoms with Gasteiger partial charge in [-0.25, -0.2) is 9.97 Å². The van der Waals surface area contributed by atoms with Crippen molar-refractivity contribution >= 4 is 28.3 Å². The lowest BCUT2D eigenvalue weighted by Gasteiger charge is -2.30. The number of benzene rings is 2. The summed E-state index contributed by atoms with van der Waals surface area (Å²) in [7, 11) is 0. The molecule has 4 rings (SSSR count). The van der Waals surface area contributed by atoms with Crippen LogP contribution in [0.25, 0.3) is 11.0 Å². The van der Waals surface area contributed by atoms with Gasteiger partial charge in [0, 0.05) is 18.7 Å². The third-order valence-electron chi connectivity index (χ3n) is 5.19. The molecule has 2 heterocycles. The minimum Gasteiger partial charge on any atom is -0.370 e. The molecule has 2 aromatic carbocycles. The Morgan fingerprint density at radius 3 is 2.41 bits per heavy atom. The number of nitrogens with one attached hydrogen (secondary N) is 1. The van der Waals surface area contributed by atoms with Crippen molar-refractivity contribution in [3.8, 4) is 0 Å². The Balaban J connectivity index is 1.61.